The Hall–Kier alpha value is -2.44. The van der Waals surface area contributed by atoms with E-state index in [1.54, 1.807) is 11.0 Å². The molecule has 118 valence electrons. The third kappa shape index (κ3) is 4.28. The van der Waals surface area contributed by atoms with Gasteiger partial charge in [0.1, 0.15) is 6.33 Å². The average Bonchev–Trinajstić information content (AvgIpc) is 2.99. The Kier molecular flexibility index (Phi) is 5.46. The lowest BCUT2D eigenvalue weighted by Gasteiger charge is -2.14. The summed E-state index contributed by atoms with van der Waals surface area (Å²) in [5.41, 5.74) is 2.83. The van der Waals surface area contributed by atoms with Gasteiger partial charge in [0.25, 0.3) is 0 Å². The van der Waals surface area contributed by atoms with E-state index in [1.807, 2.05) is 32.0 Å². The molecule has 0 unspecified atom stereocenters. The molecule has 0 aliphatic carbocycles. The number of anilines is 1. The molecule has 0 spiro atoms. The Labute approximate surface area is 130 Å². The van der Waals surface area contributed by atoms with Gasteiger partial charge in [0, 0.05) is 11.7 Å². The lowest BCUT2D eigenvalue weighted by molar-refractivity contribution is -0.120. The third-order valence-electron chi connectivity index (χ3n) is 3.37. The molecule has 0 radical (unpaired) electrons. The molecule has 7 nitrogen and oxygen atoms in total. The van der Waals surface area contributed by atoms with Crippen LogP contribution in [-0.4, -0.2) is 38.7 Å². The summed E-state index contributed by atoms with van der Waals surface area (Å²) in [7, 11) is 0. The third-order valence-corrected chi connectivity index (χ3v) is 3.37. The van der Waals surface area contributed by atoms with Gasteiger partial charge in [-0.15, -0.1) is 5.10 Å². The van der Waals surface area contributed by atoms with Crippen LogP contribution >= 0.6 is 0 Å². The van der Waals surface area contributed by atoms with Crippen LogP contribution in [0.3, 0.4) is 0 Å². The fourth-order valence-electron chi connectivity index (χ4n) is 2.31. The molecule has 2 aromatic rings. The van der Waals surface area contributed by atoms with Gasteiger partial charge < -0.3 is 10.6 Å². The Balaban J connectivity index is 1.91. The molecule has 1 aromatic carbocycles. The van der Waals surface area contributed by atoms with Crippen molar-refractivity contribution in [1.82, 2.24) is 25.5 Å². The summed E-state index contributed by atoms with van der Waals surface area (Å²) >= 11 is 0. The molecular weight excluding hydrogens is 280 g/mol. The van der Waals surface area contributed by atoms with Gasteiger partial charge in [-0.3, -0.25) is 4.79 Å². The van der Waals surface area contributed by atoms with Gasteiger partial charge in [0.15, 0.2) is 0 Å². The number of nitrogens with one attached hydrogen (secondary N) is 2. The Morgan fingerprint density at radius 1 is 1.41 bits per heavy atom. The van der Waals surface area contributed by atoms with Crippen LogP contribution in [0.4, 0.5) is 5.69 Å². The van der Waals surface area contributed by atoms with Crippen molar-refractivity contribution in [3.63, 3.8) is 0 Å². The van der Waals surface area contributed by atoms with Crippen LogP contribution in [0.25, 0.3) is 5.69 Å². The van der Waals surface area contributed by atoms with Crippen molar-refractivity contribution in [2.24, 2.45) is 0 Å². The summed E-state index contributed by atoms with van der Waals surface area (Å²) < 4.78 is 1.61. The zero-order chi connectivity index (χ0) is 15.9. The van der Waals surface area contributed by atoms with Crippen molar-refractivity contribution in [1.29, 1.82) is 0 Å². The van der Waals surface area contributed by atoms with Crippen LogP contribution in [0.5, 0.6) is 0 Å². The summed E-state index contributed by atoms with van der Waals surface area (Å²) in [5, 5.41) is 17.2. The van der Waals surface area contributed by atoms with Crippen LogP contribution in [0.15, 0.2) is 24.5 Å². The first-order valence-electron chi connectivity index (χ1n) is 7.47. The molecule has 1 atom stereocenters. The van der Waals surface area contributed by atoms with E-state index >= 15 is 0 Å². The molecule has 22 heavy (non-hydrogen) atoms. The highest BCUT2D eigenvalue weighted by Crippen LogP contribution is 2.17. The minimum atomic E-state index is 0.00292. The molecule has 0 saturated heterocycles. The van der Waals surface area contributed by atoms with Crippen molar-refractivity contribution >= 4 is 11.6 Å². The van der Waals surface area contributed by atoms with Gasteiger partial charge in [0.05, 0.1) is 12.2 Å². The number of hydrogen-bond donors (Lipinski definition) is 2. The molecule has 0 aliphatic rings. The standard InChI is InChI=1S/C15H22N6O/c1-4-5-12(3)18-15(22)9-16-13-6-7-14(11(2)8-13)21-10-17-19-20-21/h6-8,10,12,16H,4-5,9H2,1-3H3,(H,18,22)/t12-/m1/s1. The normalized spacial score (nSPS) is 12.0. The smallest absolute Gasteiger partial charge is 0.239 e. The van der Waals surface area contributed by atoms with E-state index in [4.69, 9.17) is 0 Å². The Morgan fingerprint density at radius 3 is 2.86 bits per heavy atom. The topological polar surface area (TPSA) is 84.7 Å². The van der Waals surface area contributed by atoms with E-state index in [0.717, 1.165) is 29.8 Å². The number of carbonyl (C=O) groups excluding carboxylic acids is 1. The molecule has 2 N–H and O–H groups in total. The second-order valence-electron chi connectivity index (χ2n) is 5.37. The zero-order valence-electron chi connectivity index (χ0n) is 13.2. The van der Waals surface area contributed by atoms with E-state index < -0.39 is 0 Å². The second-order valence-corrected chi connectivity index (χ2v) is 5.37. The summed E-state index contributed by atoms with van der Waals surface area (Å²) in [6, 6.07) is 6.02. The predicted molar refractivity (Wildman–Crippen MR) is 84.9 cm³/mol. The number of tetrazole rings is 1. The molecule has 2 rings (SSSR count). The highest BCUT2D eigenvalue weighted by atomic mass is 16.1. The summed E-state index contributed by atoms with van der Waals surface area (Å²) in [5.74, 6) is 0.00292. The number of amides is 1. The van der Waals surface area contributed by atoms with Gasteiger partial charge in [-0.1, -0.05) is 13.3 Å². The molecule has 0 bridgehead atoms. The van der Waals surface area contributed by atoms with E-state index in [-0.39, 0.29) is 18.5 Å². The van der Waals surface area contributed by atoms with Gasteiger partial charge in [-0.05, 0) is 54.5 Å². The number of hydrogen-bond acceptors (Lipinski definition) is 5. The highest BCUT2D eigenvalue weighted by Gasteiger charge is 2.07. The van der Waals surface area contributed by atoms with Crippen molar-refractivity contribution in [3.8, 4) is 5.69 Å². The zero-order valence-corrected chi connectivity index (χ0v) is 13.2. The van der Waals surface area contributed by atoms with Crippen molar-refractivity contribution < 1.29 is 4.79 Å². The van der Waals surface area contributed by atoms with E-state index in [0.29, 0.717) is 0 Å². The predicted octanol–water partition coefficient (Wildman–Crippen LogP) is 1.69. The first-order chi connectivity index (χ1) is 10.6. The molecule has 0 saturated carbocycles. The van der Waals surface area contributed by atoms with Crippen LogP contribution in [0.2, 0.25) is 0 Å². The molecule has 1 aromatic heterocycles. The van der Waals surface area contributed by atoms with Crippen LogP contribution in [0, 0.1) is 6.92 Å². The fourth-order valence-corrected chi connectivity index (χ4v) is 2.31. The lowest BCUT2D eigenvalue weighted by Crippen LogP contribution is -2.36. The summed E-state index contributed by atoms with van der Waals surface area (Å²) in [4.78, 5) is 11.8. The minimum Gasteiger partial charge on any atom is -0.376 e. The summed E-state index contributed by atoms with van der Waals surface area (Å²) in [6.07, 6.45) is 3.61. The first kappa shape index (κ1) is 15.9. The van der Waals surface area contributed by atoms with Gasteiger partial charge >= 0.3 is 0 Å². The minimum absolute atomic E-state index is 0.00292. The molecule has 1 heterocycles. The first-order valence-corrected chi connectivity index (χ1v) is 7.47. The maximum Gasteiger partial charge on any atom is 0.239 e. The van der Waals surface area contributed by atoms with Crippen LogP contribution in [-0.2, 0) is 4.79 Å². The number of nitrogens with zero attached hydrogens (tertiary/aromatic N) is 4. The van der Waals surface area contributed by atoms with E-state index in [2.05, 4.69) is 33.1 Å². The van der Waals surface area contributed by atoms with Crippen molar-refractivity contribution in [2.45, 2.75) is 39.7 Å². The highest BCUT2D eigenvalue weighted by molar-refractivity contribution is 5.81. The van der Waals surface area contributed by atoms with Crippen LogP contribution in [0.1, 0.15) is 32.3 Å². The van der Waals surface area contributed by atoms with Crippen molar-refractivity contribution in [3.05, 3.63) is 30.1 Å². The van der Waals surface area contributed by atoms with Gasteiger partial charge in [0.2, 0.25) is 5.91 Å². The monoisotopic (exact) mass is 302 g/mol. The molecule has 0 aliphatic heterocycles. The van der Waals surface area contributed by atoms with Crippen LogP contribution < -0.4 is 10.6 Å². The molecule has 0 fully saturated rings. The number of aryl methyl sites for hydroxylation is 1. The molecule has 7 heteroatoms. The SMILES string of the molecule is CCC[C@@H](C)NC(=O)CNc1ccc(-n2cnnn2)c(C)c1. The number of aromatic nitrogens is 4. The average molecular weight is 302 g/mol. The Bertz CT molecular complexity index is 611. The van der Waals surface area contributed by atoms with E-state index in [1.165, 1.54) is 0 Å². The number of benzene rings is 1. The maximum atomic E-state index is 11.8. The number of carbonyl (C=O) groups is 1. The quantitative estimate of drug-likeness (QED) is 0.813. The van der Waals surface area contributed by atoms with Gasteiger partial charge in [-0.25, -0.2) is 4.68 Å². The number of rotatable bonds is 7. The van der Waals surface area contributed by atoms with Crippen molar-refractivity contribution in [2.75, 3.05) is 11.9 Å². The second kappa shape index (κ2) is 7.53. The van der Waals surface area contributed by atoms with E-state index in [9.17, 15) is 4.79 Å². The Morgan fingerprint density at radius 2 is 2.23 bits per heavy atom. The fraction of sp³-hybridized carbons (Fsp3) is 0.467. The largest absolute Gasteiger partial charge is 0.376 e. The lowest BCUT2D eigenvalue weighted by atomic mass is 10.1. The molecule has 1 amide bonds. The molecular formula is C15H22N6O. The van der Waals surface area contributed by atoms with Gasteiger partial charge in [-0.2, -0.15) is 0 Å². The maximum absolute atomic E-state index is 11.8. The summed E-state index contributed by atoms with van der Waals surface area (Å²) in [6.45, 7) is 6.37.